The molecule has 17 heavy (non-hydrogen) atoms. The van der Waals surface area contributed by atoms with Crippen LogP contribution in [0.1, 0.15) is 52.9 Å². The molecule has 3 heteroatoms. The highest BCUT2D eigenvalue weighted by Crippen LogP contribution is 2.29. The summed E-state index contributed by atoms with van der Waals surface area (Å²) >= 11 is 0. The Labute approximate surface area is 106 Å². The average Bonchev–Trinajstić information content (AvgIpc) is 2.26. The van der Waals surface area contributed by atoms with E-state index in [-0.39, 0.29) is 12.0 Å². The highest BCUT2D eigenvalue weighted by Gasteiger charge is 2.31. The Kier molecular flexibility index (Phi) is 5.44. The van der Waals surface area contributed by atoms with Crippen LogP contribution in [0, 0.1) is 11.8 Å². The van der Waals surface area contributed by atoms with Gasteiger partial charge in [0.1, 0.15) is 0 Å². The van der Waals surface area contributed by atoms with Gasteiger partial charge >= 0.3 is 0 Å². The van der Waals surface area contributed by atoms with Gasteiger partial charge in [0.05, 0.1) is 0 Å². The lowest BCUT2D eigenvalue weighted by atomic mass is 9.79. The van der Waals surface area contributed by atoms with E-state index >= 15 is 0 Å². The van der Waals surface area contributed by atoms with Crippen LogP contribution in [0.2, 0.25) is 0 Å². The fourth-order valence-corrected chi connectivity index (χ4v) is 2.97. The topological polar surface area (TPSA) is 46.3 Å². The molecule has 1 fully saturated rings. The summed E-state index contributed by atoms with van der Waals surface area (Å²) in [6.45, 7) is 6.50. The van der Waals surface area contributed by atoms with Gasteiger partial charge in [-0.3, -0.25) is 4.79 Å². The zero-order chi connectivity index (χ0) is 13.0. The molecule has 0 aliphatic heterocycles. The number of carbonyl (C=O) groups is 1. The first kappa shape index (κ1) is 14.5. The second-order valence-corrected chi connectivity index (χ2v) is 5.86. The molecule has 2 N–H and O–H groups in total. The zero-order valence-corrected chi connectivity index (χ0v) is 11.8. The van der Waals surface area contributed by atoms with Crippen molar-refractivity contribution in [1.29, 1.82) is 0 Å². The fourth-order valence-electron chi connectivity index (χ4n) is 2.97. The van der Waals surface area contributed by atoms with Crippen molar-refractivity contribution in [3.05, 3.63) is 0 Å². The van der Waals surface area contributed by atoms with Crippen molar-refractivity contribution in [1.82, 2.24) is 4.90 Å². The number of hydrogen-bond donors (Lipinski definition) is 1. The predicted molar refractivity (Wildman–Crippen MR) is 71.6 cm³/mol. The molecule has 0 aromatic heterocycles. The van der Waals surface area contributed by atoms with Crippen LogP contribution in [0.5, 0.6) is 0 Å². The number of hydrogen-bond acceptors (Lipinski definition) is 2. The Balaban J connectivity index is 2.56. The minimum absolute atomic E-state index is 0.151. The van der Waals surface area contributed by atoms with Gasteiger partial charge < -0.3 is 10.6 Å². The first-order valence-corrected chi connectivity index (χ1v) is 6.97. The largest absolute Gasteiger partial charge is 0.343 e. The van der Waals surface area contributed by atoms with E-state index in [4.69, 9.17) is 5.73 Å². The van der Waals surface area contributed by atoms with Crippen molar-refractivity contribution in [3.63, 3.8) is 0 Å². The predicted octanol–water partition coefficient (Wildman–Crippen LogP) is 2.40. The highest BCUT2D eigenvalue weighted by molar-refractivity contribution is 5.79. The molecule has 0 spiro atoms. The quantitative estimate of drug-likeness (QED) is 0.820. The Morgan fingerprint density at radius 1 is 1.41 bits per heavy atom. The molecule has 0 radical (unpaired) electrons. The van der Waals surface area contributed by atoms with Crippen LogP contribution in [-0.2, 0) is 4.79 Å². The molecule has 0 heterocycles. The number of amides is 1. The maximum atomic E-state index is 12.4. The van der Waals surface area contributed by atoms with Crippen LogP contribution < -0.4 is 5.73 Å². The van der Waals surface area contributed by atoms with E-state index in [1.807, 2.05) is 11.9 Å². The lowest BCUT2D eigenvalue weighted by molar-refractivity contribution is -0.137. The first-order chi connectivity index (χ1) is 7.95. The number of carbonyl (C=O) groups excluding carboxylic acids is 1. The fraction of sp³-hybridized carbons (Fsp3) is 0.929. The average molecular weight is 240 g/mol. The molecule has 1 saturated carbocycles. The van der Waals surface area contributed by atoms with E-state index in [1.54, 1.807) is 0 Å². The van der Waals surface area contributed by atoms with Gasteiger partial charge in [-0.1, -0.05) is 20.3 Å². The Morgan fingerprint density at radius 2 is 2.06 bits per heavy atom. The van der Waals surface area contributed by atoms with Crippen LogP contribution in [0.25, 0.3) is 0 Å². The number of rotatable bonds is 4. The van der Waals surface area contributed by atoms with Gasteiger partial charge in [-0.05, 0) is 38.5 Å². The lowest BCUT2D eigenvalue weighted by Crippen LogP contribution is -2.44. The monoisotopic (exact) mass is 240 g/mol. The van der Waals surface area contributed by atoms with Crippen molar-refractivity contribution in [2.75, 3.05) is 7.05 Å². The molecule has 0 saturated heterocycles. The summed E-state index contributed by atoms with van der Waals surface area (Å²) in [6, 6.07) is 0.559. The van der Waals surface area contributed by atoms with Crippen LogP contribution in [0.15, 0.2) is 0 Å². The van der Waals surface area contributed by atoms with E-state index in [0.29, 0.717) is 17.9 Å². The van der Waals surface area contributed by atoms with E-state index < -0.39 is 0 Å². The van der Waals surface area contributed by atoms with Crippen molar-refractivity contribution in [2.24, 2.45) is 17.6 Å². The SMILES string of the molecule is CCCC(C)N(C)C(=O)C1CC(C)CC(N)C1. The van der Waals surface area contributed by atoms with Gasteiger partial charge in [0, 0.05) is 25.0 Å². The molecule has 1 aliphatic carbocycles. The molecule has 0 aromatic carbocycles. The van der Waals surface area contributed by atoms with Gasteiger partial charge in [-0.25, -0.2) is 0 Å². The van der Waals surface area contributed by atoms with Crippen LogP contribution in [0.3, 0.4) is 0 Å². The van der Waals surface area contributed by atoms with Crippen molar-refractivity contribution < 1.29 is 4.79 Å². The van der Waals surface area contributed by atoms with Crippen LogP contribution in [0.4, 0.5) is 0 Å². The van der Waals surface area contributed by atoms with Crippen molar-refractivity contribution in [3.8, 4) is 0 Å². The molecular formula is C14H28N2O. The molecular weight excluding hydrogens is 212 g/mol. The smallest absolute Gasteiger partial charge is 0.225 e. The summed E-state index contributed by atoms with van der Waals surface area (Å²) in [5.41, 5.74) is 6.02. The zero-order valence-electron chi connectivity index (χ0n) is 11.8. The van der Waals surface area contributed by atoms with Crippen molar-refractivity contribution in [2.45, 2.75) is 65.0 Å². The third kappa shape index (κ3) is 3.98. The molecule has 0 aromatic rings. The molecule has 1 aliphatic rings. The second kappa shape index (κ2) is 6.39. The lowest BCUT2D eigenvalue weighted by Gasteiger charge is -2.35. The number of nitrogens with zero attached hydrogens (tertiary/aromatic N) is 1. The summed E-state index contributed by atoms with van der Waals surface area (Å²) < 4.78 is 0. The van der Waals surface area contributed by atoms with Gasteiger partial charge in [-0.2, -0.15) is 0 Å². The third-order valence-corrected chi connectivity index (χ3v) is 4.04. The van der Waals surface area contributed by atoms with E-state index in [9.17, 15) is 4.79 Å². The summed E-state index contributed by atoms with van der Waals surface area (Å²) in [5, 5.41) is 0. The summed E-state index contributed by atoms with van der Waals surface area (Å²) in [4.78, 5) is 14.3. The molecule has 4 atom stereocenters. The third-order valence-electron chi connectivity index (χ3n) is 4.04. The molecule has 0 bridgehead atoms. The summed E-state index contributed by atoms with van der Waals surface area (Å²) in [6.07, 6.45) is 5.15. The van der Waals surface area contributed by atoms with Crippen molar-refractivity contribution >= 4 is 5.91 Å². The Hall–Kier alpha value is -0.570. The first-order valence-electron chi connectivity index (χ1n) is 6.97. The standard InChI is InChI=1S/C14H28N2O/c1-5-6-11(3)16(4)14(17)12-7-10(2)8-13(15)9-12/h10-13H,5-9,15H2,1-4H3. The van der Waals surface area contributed by atoms with Crippen LogP contribution in [-0.4, -0.2) is 29.9 Å². The Morgan fingerprint density at radius 3 is 2.59 bits per heavy atom. The molecule has 4 unspecified atom stereocenters. The summed E-state index contributed by atoms with van der Waals surface area (Å²) in [7, 11) is 1.94. The van der Waals surface area contributed by atoms with Gasteiger partial charge in [0.25, 0.3) is 0 Å². The minimum atomic E-state index is 0.151. The highest BCUT2D eigenvalue weighted by atomic mass is 16.2. The molecule has 1 amide bonds. The molecule has 1 rings (SSSR count). The maximum Gasteiger partial charge on any atom is 0.225 e. The summed E-state index contributed by atoms with van der Waals surface area (Å²) in [5.74, 6) is 1.04. The van der Waals surface area contributed by atoms with E-state index in [2.05, 4.69) is 20.8 Å². The second-order valence-electron chi connectivity index (χ2n) is 5.86. The minimum Gasteiger partial charge on any atom is -0.343 e. The van der Waals surface area contributed by atoms with Crippen LogP contribution >= 0.6 is 0 Å². The van der Waals surface area contributed by atoms with E-state index in [1.165, 1.54) is 0 Å². The maximum absolute atomic E-state index is 12.4. The van der Waals surface area contributed by atoms with Gasteiger partial charge in [0.15, 0.2) is 0 Å². The molecule has 3 nitrogen and oxygen atoms in total. The van der Waals surface area contributed by atoms with Gasteiger partial charge in [-0.15, -0.1) is 0 Å². The Bertz CT molecular complexity index is 245. The molecule has 100 valence electrons. The normalized spacial score (nSPS) is 31.0. The van der Waals surface area contributed by atoms with E-state index in [0.717, 1.165) is 32.1 Å². The number of nitrogens with two attached hydrogens (primary N) is 1. The van der Waals surface area contributed by atoms with Gasteiger partial charge in [0.2, 0.25) is 5.91 Å².